The van der Waals surface area contributed by atoms with Gasteiger partial charge in [0.1, 0.15) is 5.60 Å². The molecule has 2 N–H and O–H groups in total. The standard InChI is InChI=1S/C23H25N3O/c27-23(19-10-6-14-24-16-19,20-11-7-15-25-17-20)22(18-8-2-1-3-9-18)26-21-12-4-5-13-21/h1-3,6-11,14-17,21-22,26-27H,4-5,12-13H2. The van der Waals surface area contributed by atoms with Crippen LogP contribution in [0.15, 0.2) is 79.4 Å². The molecule has 138 valence electrons. The van der Waals surface area contributed by atoms with Crippen molar-refractivity contribution in [2.45, 2.75) is 43.4 Å². The van der Waals surface area contributed by atoms with Crippen molar-refractivity contribution in [2.75, 3.05) is 0 Å². The zero-order chi connectivity index (χ0) is 18.5. The van der Waals surface area contributed by atoms with Crippen molar-refractivity contribution in [1.29, 1.82) is 0 Å². The predicted octanol–water partition coefficient (Wildman–Crippen LogP) is 3.99. The van der Waals surface area contributed by atoms with E-state index in [0.717, 1.165) is 29.5 Å². The minimum Gasteiger partial charge on any atom is -0.378 e. The highest BCUT2D eigenvalue weighted by atomic mass is 16.3. The van der Waals surface area contributed by atoms with E-state index < -0.39 is 5.60 Å². The minimum absolute atomic E-state index is 0.296. The maximum Gasteiger partial charge on any atom is 0.137 e. The largest absolute Gasteiger partial charge is 0.378 e. The third kappa shape index (κ3) is 3.64. The Hall–Kier alpha value is -2.56. The molecule has 4 nitrogen and oxygen atoms in total. The van der Waals surface area contributed by atoms with E-state index in [1.165, 1.54) is 12.8 Å². The minimum atomic E-state index is -1.27. The molecule has 3 aromatic rings. The first-order valence-corrected chi connectivity index (χ1v) is 9.63. The fraction of sp³-hybridized carbons (Fsp3) is 0.304. The van der Waals surface area contributed by atoms with Crippen molar-refractivity contribution in [1.82, 2.24) is 15.3 Å². The summed E-state index contributed by atoms with van der Waals surface area (Å²) in [7, 11) is 0. The van der Waals surface area contributed by atoms with Crippen molar-refractivity contribution in [2.24, 2.45) is 0 Å². The summed E-state index contributed by atoms with van der Waals surface area (Å²) in [5, 5.41) is 15.9. The van der Waals surface area contributed by atoms with E-state index in [4.69, 9.17) is 0 Å². The van der Waals surface area contributed by atoms with Crippen LogP contribution in [0.5, 0.6) is 0 Å². The molecule has 1 fully saturated rings. The van der Waals surface area contributed by atoms with E-state index in [1.807, 2.05) is 42.5 Å². The molecular weight excluding hydrogens is 334 g/mol. The highest BCUT2D eigenvalue weighted by Gasteiger charge is 2.42. The van der Waals surface area contributed by atoms with Gasteiger partial charge < -0.3 is 10.4 Å². The second-order valence-electron chi connectivity index (χ2n) is 7.24. The van der Waals surface area contributed by atoms with Crippen LogP contribution in [0.2, 0.25) is 0 Å². The number of hydrogen-bond donors (Lipinski definition) is 2. The molecule has 1 aliphatic carbocycles. The molecule has 0 radical (unpaired) electrons. The lowest BCUT2D eigenvalue weighted by Crippen LogP contribution is -2.46. The van der Waals surface area contributed by atoms with Crippen molar-refractivity contribution >= 4 is 0 Å². The Labute approximate surface area is 160 Å². The van der Waals surface area contributed by atoms with Crippen molar-refractivity contribution in [3.63, 3.8) is 0 Å². The van der Waals surface area contributed by atoms with Crippen LogP contribution in [0.1, 0.15) is 48.4 Å². The topological polar surface area (TPSA) is 58.0 Å². The summed E-state index contributed by atoms with van der Waals surface area (Å²) in [6, 6.07) is 17.9. The lowest BCUT2D eigenvalue weighted by atomic mass is 9.78. The fourth-order valence-electron chi connectivity index (χ4n) is 4.11. The highest BCUT2D eigenvalue weighted by molar-refractivity contribution is 5.39. The molecule has 27 heavy (non-hydrogen) atoms. The fourth-order valence-corrected chi connectivity index (χ4v) is 4.11. The summed E-state index contributed by atoms with van der Waals surface area (Å²) in [5.74, 6) is 0. The third-order valence-corrected chi connectivity index (χ3v) is 5.51. The molecule has 2 aromatic heterocycles. The van der Waals surface area contributed by atoms with Crippen LogP contribution in [-0.2, 0) is 5.60 Å². The zero-order valence-corrected chi connectivity index (χ0v) is 15.3. The summed E-state index contributed by atoms with van der Waals surface area (Å²) in [5.41, 5.74) is 1.31. The number of pyridine rings is 2. The van der Waals surface area contributed by atoms with Crippen molar-refractivity contribution in [3.05, 3.63) is 96.1 Å². The molecule has 1 saturated carbocycles. The van der Waals surface area contributed by atoms with Gasteiger partial charge >= 0.3 is 0 Å². The van der Waals surface area contributed by atoms with Gasteiger partial charge in [-0.3, -0.25) is 9.97 Å². The van der Waals surface area contributed by atoms with Gasteiger partial charge in [-0.2, -0.15) is 0 Å². The Bertz CT molecular complexity index is 794. The number of nitrogens with zero attached hydrogens (tertiary/aromatic N) is 2. The van der Waals surface area contributed by atoms with E-state index in [2.05, 4.69) is 27.4 Å². The zero-order valence-electron chi connectivity index (χ0n) is 15.3. The predicted molar refractivity (Wildman–Crippen MR) is 106 cm³/mol. The first-order valence-electron chi connectivity index (χ1n) is 9.63. The van der Waals surface area contributed by atoms with Crippen LogP contribution in [0, 0.1) is 0 Å². The SMILES string of the molecule is OC(c1cccnc1)(c1cccnc1)C(NC1CCCC1)c1ccccc1. The average Bonchev–Trinajstić information content (AvgIpc) is 3.27. The first-order chi connectivity index (χ1) is 13.3. The summed E-state index contributed by atoms with van der Waals surface area (Å²) in [6.07, 6.45) is 11.7. The van der Waals surface area contributed by atoms with Gasteiger partial charge in [0, 0.05) is 42.0 Å². The van der Waals surface area contributed by atoms with Gasteiger partial charge in [-0.25, -0.2) is 0 Å². The van der Waals surface area contributed by atoms with E-state index in [-0.39, 0.29) is 6.04 Å². The van der Waals surface area contributed by atoms with Crippen LogP contribution in [0.4, 0.5) is 0 Å². The lowest BCUT2D eigenvalue weighted by molar-refractivity contribution is 0.0309. The summed E-state index contributed by atoms with van der Waals surface area (Å²) in [6.45, 7) is 0. The summed E-state index contributed by atoms with van der Waals surface area (Å²) in [4.78, 5) is 8.55. The van der Waals surface area contributed by atoms with Gasteiger partial charge in [-0.05, 0) is 30.5 Å². The highest BCUT2D eigenvalue weighted by Crippen LogP contribution is 2.41. The normalized spacial score (nSPS) is 16.3. The number of aromatic nitrogens is 2. The van der Waals surface area contributed by atoms with Crippen LogP contribution in [0.25, 0.3) is 0 Å². The molecule has 0 amide bonds. The first kappa shape index (κ1) is 17.8. The van der Waals surface area contributed by atoms with E-state index in [0.29, 0.717) is 6.04 Å². The molecule has 0 spiro atoms. The second-order valence-corrected chi connectivity index (χ2v) is 7.24. The summed E-state index contributed by atoms with van der Waals surface area (Å²) < 4.78 is 0. The Balaban J connectivity index is 1.85. The van der Waals surface area contributed by atoms with Gasteiger partial charge in [0.2, 0.25) is 0 Å². The number of aliphatic hydroxyl groups is 1. The third-order valence-electron chi connectivity index (χ3n) is 5.51. The van der Waals surface area contributed by atoms with Crippen molar-refractivity contribution in [3.8, 4) is 0 Å². The molecule has 0 saturated heterocycles. The van der Waals surface area contributed by atoms with Gasteiger partial charge in [0.25, 0.3) is 0 Å². The van der Waals surface area contributed by atoms with Gasteiger partial charge in [0.05, 0.1) is 6.04 Å². The van der Waals surface area contributed by atoms with E-state index >= 15 is 0 Å². The quantitative estimate of drug-likeness (QED) is 0.699. The number of nitrogens with one attached hydrogen (secondary N) is 1. The molecule has 0 bridgehead atoms. The Kier molecular flexibility index (Phi) is 5.28. The molecule has 4 rings (SSSR count). The molecule has 1 atom stereocenters. The molecule has 1 aliphatic rings. The smallest absolute Gasteiger partial charge is 0.137 e. The van der Waals surface area contributed by atoms with Crippen molar-refractivity contribution < 1.29 is 5.11 Å². The molecule has 1 aromatic carbocycles. The van der Waals surface area contributed by atoms with Gasteiger partial charge in [-0.15, -0.1) is 0 Å². The molecule has 0 aliphatic heterocycles. The van der Waals surface area contributed by atoms with Crippen LogP contribution in [-0.4, -0.2) is 21.1 Å². The summed E-state index contributed by atoms with van der Waals surface area (Å²) >= 11 is 0. The Morgan fingerprint density at radius 3 is 1.96 bits per heavy atom. The van der Waals surface area contributed by atoms with E-state index in [1.54, 1.807) is 24.8 Å². The molecule has 1 unspecified atom stereocenters. The van der Waals surface area contributed by atoms with E-state index in [9.17, 15) is 5.11 Å². The molecule has 2 heterocycles. The van der Waals surface area contributed by atoms with Gasteiger partial charge in [-0.1, -0.05) is 55.3 Å². The van der Waals surface area contributed by atoms with Crippen LogP contribution < -0.4 is 5.32 Å². The number of benzene rings is 1. The maximum atomic E-state index is 12.2. The second kappa shape index (κ2) is 7.99. The monoisotopic (exact) mass is 359 g/mol. The number of rotatable bonds is 6. The average molecular weight is 359 g/mol. The molecule has 4 heteroatoms. The van der Waals surface area contributed by atoms with Crippen LogP contribution >= 0.6 is 0 Å². The maximum absolute atomic E-state index is 12.2. The lowest BCUT2D eigenvalue weighted by Gasteiger charge is -2.39. The van der Waals surface area contributed by atoms with Gasteiger partial charge in [0.15, 0.2) is 0 Å². The Morgan fingerprint density at radius 1 is 0.852 bits per heavy atom. The Morgan fingerprint density at radius 2 is 1.44 bits per heavy atom. The van der Waals surface area contributed by atoms with Crippen LogP contribution in [0.3, 0.4) is 0 Å². The molecular formula is C23H25N3O. The number of hydrogen-bond acceptors (Lipinski definition) is 4.